The maximum Gasteiger partial charge on any atom is 0.224 e. The molecule has 0 aliphatic rings. The monoisotopic (exact) mass is 236 g/mol. The van der Waals surface area contributed by atoms with Crippen LogP contribution < -0.4 is 5.32 Å². The Kier molecular flexibility index (Phi) is 5.93. The van der Waals surface area contributed by atoms with Crippen LogP contribution in [0.3, 0.4) is 0 Å². The van der Waals surface area contributed by atoms with Crippen LogP contribution in [0.5, 0.6) is 0 Å². The van der Waals surface area contributed by atoms with Gasteiger partial charge in [0.1, 0.15) is 11.8 Å². The van der Waals surface area contributed by atoms with E-state index < -0.39 is 0 Å². The average Bonchev–Trinajstić information content (AvgIpc) is 2.33. The Hall–Kier alpha value is -1.71. The first-order valence-electron chi connectivity index (χ1n) is 5.32. The van der Waals surface area contributed by atoms with Gasteiger partial charge in [-0.1, -0.05) is 0 Å². The van der Waals surface area contributed by atoms with Crippen LogP contribution in [0.25, 0.3) is 0 Å². The molecular weight excluding hydrogens is 220 g/mol. The van der Waals surface area contributed by atoms with Crippen LogP contribution in [0.2, 0.25) is 0 Å². The fourth-order valence-corrected chi connectivity index (χ4v) is 1.18. The van der Waals surface area contributed by atoms with Crippen LogP contribution >= 0.6 is 0 Å². The van der Waals surface area contributed by atoms with Gasteiger partial charge >= 0.3 is 0 Å². The Morgan fingerprint density at radius 1 is 1.35 bits per heavy atom. The van der Waals surface area contributed by atoms with E-state index in [1.54, 1.807) is 13.2 Å². The van der Waals surface area contributed by atoms with Gasteiger partial charge in [-0.05, 0) is 13.0 Å². The number of nitrogens with zero attached hydrogens (tertiary/aromatic N) is 3. The topological polar surface area (TPSA) is 80.1 Å². The zero-order chi connectivity index (χ0) is 12.5. The lowest BCUT2D eigenvalue weighted by Crippen LogP contribution is -2.14. The Morgan fingerprint density at radius 3 is 2.88 bits per heavy atom. The predicted octanol–water partition coefficient (Wildman–Crippen LogP) is 0.732. The summed E-state index contributed by atoms with van der Waals surface area (Å²) in [6, 6.07) is 3.63. The van der Waals surface area contributed by atoms with Crippen LogP contribution in [-0.4, -0.2) is 43.4 Å². The van der Waals surface area contributed by atoms with E-state index >= 15 is 0 Å². The molecule has 0 aromatic carbocycles. The second-order valence-electron chi connectivity index (χ2n) is 3.36. The normalized spacial score (nSPS) is 9.94. The van der Waals surface area contributed by atoms with Gasteiger partial charge in [-0.25, -0.2) is 9.97 Å². The van der Waals surface area contributed by atoms with E-state index in [4.69, 9.17) is 14.7 Å². The molecule has 17 heavy (non-hydrogen) atoms. The summed E-state index contributed by atoms with van der Waals surface area (Å²) in [5.41, 5.74) is 1.12. The van der Waals surface area contributed by atoms with Crippen LogP contribution in [0, 0.1) is 18.3 Å². The smallest absolute Gasteiger partial charge is 0.224 e. The van der Waals surface area contributed by atoms with E-state index in [0.717, 1.165) is 5.69 Å². The number of rotatable bonds is 7. The van der Waals surface area contributed by atoms with Gasteiger partial charge in [-0.3, -0.25) is 0 Å². The minimum atomic E-state index is 0.361. The van der Waals surface area contributed by atoms with Crippen molar-refractivity contribution >= 4 is 5.95 Å². The van der Waals surface area contributed by atoms with E-state index in [2.05, 4.69) is 15.3 Å². The summed E-state index contributed by atoms with van der Waals surface area (Å²) in [5.74, 6) is 0.455. The Bertz CT molecular complexity index is 390. The van der Waals surface area contributed by atoms with Crippen molar-refractivity contribution in [3.05, 3.63) is 17.5 Å². The SMILES string of the molecule is COCCOCCNc1nc(C)cc(C#N)n1. The highest BCUT2D eigenvalue weighted by Crippen LogP contribution is 2.03. The molecule has 1 aromatic heterocycles. The Labute approximate surface area is 101 Å². The second-order valence-corrected chi connectivity index (χ2v) is 3.36. The van der Waals surface area contributed by atoms with Gasteiger partial charge in [0, 0.05) is 19.3 Å². The van der Waals surface area contributed by atoms with Gasteiger partial charge in [-0.2, -0.15) is 5.26 Å². The van der Waals surface area contributed by atoms with Gasteiger partial charge < -0.3 is 14.8 Å². The van der Waals surface area contributed by atoms with Gasteiger partial charge in [0.05, 0.1) is 19.8 Å². The van der Waals surface area contributed by atoms with Crippen molar-refractivity contribution in [3.63, 3.8) is 0 Å². The maximum absolute atomic E-state index is 8.75. The number of methoxy groups -OCH3 is 1. The molecule has 0 radical (unpaired) electrons. The highest BCUT2D eigenvalue weighted by atomic mass is 16.5. The first-order valence-corrected chi connectivity index (χ1v) is 5.32. The standard InChI is InChI=1S/C11H16N4O2/c1-9-7-10(8-12)15-11(14-9)13-3-4-17-6-5-16-2/h7H,3-6H2,1-2H3,(H,13,14,15). The quantitative estimate of drug-likeness (QED) is 0.703. The van der Waals surface area contributed by atoms with Crippen LogP contribution in [0.4, 0.5) is 5.95 Å². The molecule has 1 N–H and O–H groups in total. The number of nitriles is 1. The van der Waals surface area contributed by atoms with Crippen molar-refractivity contribution in [2.24, 2.45) is 0 Å². The first-order chi connectivity index (χ1) is 8.26. The molecule has 0 spiro atoms. The molecular formula is C11H16N4O2. The molecule has 0 unspecified atom stereocenters. The third-order valence-corrected chi connectivity index (χ3v) is 1.93. The Morgan fingerprint density at radius 2 is 2.18 bits per heavy atom. The van der Waals surface area contributed by atoms with E-state index in [0.29, 0.717) is 38.0 Å². The minimum Gasteiger partial charge on any atom is -0.382 e. The highest BCUT2D eigenvalue weighted by molar-refractivity contribution is 5.32. The van der Waals surface area contributed by atoms with Crippen LogP contribution in [-0.2, 0) is 9.47 Å². The summed E-state index contributed by atoms with van der Waals surface area (Å²) in [6.07, 6.45) is 0. The van der Waals surface area contributed by atoms with Crippen molar-refractivity contribution in [1.29, 1.82) is 5.26 Å². The molecule has 0 aliphatic heterocycles. The van der Waals surface area contributed by atoms with Crippen molar-refractivity contribution in [2.45, 2.75) is 6.92 Å². The molecule has 0 saturated heterocycles. The van der Waals surface area contributed by atoms with Crippen molar-refractivity contribution in [1.82, 2.24) is 9.97 Å². The molecule has 6 nitrogen and oxygen atoms in total. The molecule has 0 fully saturated rings. The van der Waals surface area contributed by atoms with Crippen molar-refractivity contribution in [3.8, 4) is 6.07 Å². The largest absolute Gasteiger partial charge is 0.382 e. The molecule has 0 atom stereocenters. The maximum atomic E-state index is 8.75. The average molecular weight is 236 g/mol. The third kappa shape index (κ3) is 5.24. The van der Waals surface area contributed by atoms with E-state index in [1.165, 1.54) is 0 Å². The third-order valence-electron chi connectivity index (χ3n) is 1.93. The number of hydrogen-bond donors (Lipinski definition) is 1. The van der Waals surface area contributed by atoms with E-state index in [9.17, 15) is 0 Å². The summed E-state index contributed by atoms with van der Waals surface area (Å²) in [4.78, 5) is 8.18. The number of aromatic nitrogens is 2. The molecule has 0 saturated carbocycles. The van der Waals surface area contributed by atoms with Gasteiger partial charge in [0.2, 0.25) is 5.95 Å². The van der Waals surface area contributed by atoms with Crippen LogP contribution in [0.15, 0.2) is 6.07 Å². The van der Waals surface area contributed by atoms with E-state index in [1.807, 2.05) is 13.0 Å². The first kappa shape index (κ1) is 13.4. The summed E-state index contributed by atoms with van der Waals surface area (Å²) < 4.78 is 10.1. The molecule has 6 heteroatoms. The van der Waals surface area contributed by atoms with Gasteiger partial charge in [0.15, 0.2) is 0 Å². The number of hydrogen-bond acceptors (Lipinski definition) is 6. The van der Waals surface area contributed by atoms with Gasteiger partial charge in [0.25, 0.3) is 0 Å². The van der Waals surface area contributed by atoms with Gasteiger partial charge in [-0.15, -0.1) is 0 Å². The summed E-state index contributed by atoms with van der Waals surface area (Å²) in [5, 5.41) is 11.7. The summed E-state index contributed by atoms with van der Waals surface area (Å²) >= 11 is 0. The highest BCUT2D eigenvalue weighted by Gasteiger charge is 2.00. The van der Waals surface area contributed by atoms with Crippen molar-refractivity contribution in [2.75, 3.05) is 38.8 Å². The number of ether oxygens (including phenoxy) is 2. The minimum absolute atomic E-state index is 0.361. The van der Waals surface area contributed by atoms with Crippen molar-refractivity contribution < 1.29 is 9.47 Å². The summed E-state index contributed by atoms with van der Waals surface area (Å²) in [7, 11) is 1.63. The summed E-state index contributed by atoms with van der Waals surface area (Å²) in [6.45, 7) is 4.11. The molecule has 1 heterocycles. The lowest BCUT2D eigenvalue weighted by molar-refractivity contribution is 0.0759. The molecule has 0 aliphatic carbocycles. The molecule has 0 amide bonds. The molecule has 1 rings (SSSR count). The lowest BCUT2D eigenvalue weighted by Gasteiger charge is -2.06. The zero-order valence-corrected chi connectivity index (χ0v) is 10.1. The molecule has 1 aromatic rings. The fourth-order valence-electron chi connectivity index (χ4n) is 1.18. The zero-order valence-electron chi connectivity index (χ0n) is 10.1. The molecule has 92 valence electrons. The lowest BCUT2D eigenvalue weighted by atomic mass is 10.3. The Balaban J connectivity index is 2.32. The van der Waals surface area contributed by atoms with E-state index in [-0.39, 0.29) is 0 Å². The predicted molar refractivity (Wildman–Crippen MR) is 62.7 cm³/mol. The number of anilines is 1. The fraction of sp³-hybridized carbons (Fsp3) is 0.545. The second kappa shape index (κ2) is 7.54. The number of aryl methyl sites for hydroxylation is 1. The number of nitrogens with one attached hydrogen (secondary N) is 1. The van der Waals surface area contributed by atoms with Crippen LogP contribution in [0.1, 0.15) is 11.4 Å². The molecule has 0 bridgehead atoms.